The lowest BCUT2D eigenvalue weighted by Gasteiger charge is -2.53. The number of carbonyl (C=O) groups is 1. The zero-order valence-electron chi connectivity index (χ0n) is 12.4. The lowest BCUT2D eigenvalue weighted by atomic mass is 9.65. The summed E-state index contributed by atoms with van der Waals surface area (Å²) in [6.07, 6.45) is 4.31. The molecule has 112 valence electrons. The average Bonchev–Trinajstić information content (AvgIpc) is 2.50. The molecule has 1 aromatic carbocycles. The van der Waals surface area contributed by atoms with E-state index in [0.717, 1.165) is 29.2 Å². The van der Waals surface area contributed by atoms with E-state index in [-0.39, 0.29) is 5.91 Å². The molecule has 2 unspecified atom stereocenters. The van der Waals surface area contributed by atoms with Gasteiger partial charge in [0.1, 0.15) is 0 Å². The van der Waals surface area contributed by atoms with Crippen LogP contribution in [0, 0.1) is 17.8 Å². The van der Waals surface area contributed by atoms with Gasteiger partial charge in [0.25, 0.3) is 0 Å². The third-order valence-corrected chi connectivity index (χ3v) is 5.81. The van der Waals surface area contributed by atoms with Gasteiger partial charge in [-0.3, -0.25) is 4.79 Å². The number of hydrogen-bond acceptors (Lipinski definition) is 2. The van der Waals surface area contributed by atoms with Gasteiger partial charge >= 0.3 is 0 Å². The fourth-order valence-electron chi connectivity index (χ4n) is 4.40. The predicted molar refractivity (Wildman–Crippen MR) is 91.6 cm³/mol. The molecule has 2 atom stereocenters. The highest BCUT2D eigenvalue weighted by Gasteiger charge is 2.44. The summed E-state index contributed by atoms with van der Waals surface area (Å²) in [5.41, 5.74) is 2.06. The van der Waals surface area contributed by atoms with Crippen LogP contribution < -0.4 is 4.81 Å². The molecule has 3 saturated heterocycles. The third kappa shape index (κ3) is 2.54. The fourth-order valence-corrected chi connectivity index (χ4v) is 4.67. The topological polar surface area (TPSA) is 23.6 Å². The van der Waals surface area contributed by atoms with Crippen LogP contribution >= 0.6 is 15.9 Å². The Morgan fingerprint density at radius 1 is 1.18 bits per heavy atom. The van der Waals surface area contributed by atoms with Crippen LogP contribution in [0.25, 0.3) is 0 Å². The first-order valence-electron chi connectivity index (χ1n) is 7.88. The van der Waals surface area contributed by atoms with Crippen molar-refractivity contribution in [2.24, 2.45) is 17.8 Å². The van der Waals surface area contributed by atoms with Gasteiger partial charge in [-0.2, -0.15) is 0 Å². The molecule has 3 aliphatic heterocycles. The first-order valence-corrected chi connectivity index (χ1v) is 8.67. The molecular weight excluding hydrogens is 339 g/mol. The van der Waals surface area contributed by atoms with Gasteiger partial charge in [-0.1, -0.05) is 21.5 Å². The van der Waals surface area contributed by atoms with Crippen LogP contribution in [0.3, 0.4) is 0 Å². The molecule has 1 aromatic rings. The van der Waals surface area contributed by atoms with E-state index >= 15 is 0 Å². The zero-order valence-corrected chi connectivity index (χ0v) is 14.0. The van der Waals surface area contributed by atoms with Gasteiger partial charge in [0.15, 0.2) is 0 Å². The molecule has 4 bridgehead atoms. The van der Waals surface area contributed by atoms with Crippen molar-refractivity contribution in [3.63, 3.8) is 0 Å². The van der Waals surface area contributed by atoms with E-state index < -0.39 is 0 Å². The number of anilines is 1. The molecule has 0 N–H and O–H groups in total. The second-order valence-corrected chi connectivity index (χ2v) is 7.69. The van der Waals surface area contributed by atoms with E-state index in [9.17, 15) is 4.79 Å². The van der Waals surface area contributed by atoms with Crippen LogP contribution in [0.5, 0.6) is 0 Å². The van der Waals surface area contributed by atoms with Crippen molar-refractivity contribution in [1.29, 1.82) is 0 Å². The van der Waals surface area contributed by atoms with Crippen molar-refractivity contribution in [3.8, 4) is 0 Å². The Balaban J connectivity index is 1.54. The Morgan fingerprint density at radius 3 is 2.41 bits per heavy atom. The summed E-state index contributed by atoms with van der Waals surface area (Å²) in [6.45, 7) is 3.50. The molecule has 3 nitrogen and oxygen atoms in total. The van der Waals surface area contributed by atoms with Gasteiger partial charge in [0.2, 0.25) is 13.9 Å². The Morgan fingerprint density at radius 2 is 1.82 bits per heavy atom. The number of carbonyl (C=O) groups excluding carboxylic acids is 1. The summed E-state index contributed by atoms with van der Waals surface area (Å²) >= 11 is 3.39. The van der Waals surface area contributed by atoms with Crippen LogP contribution in [0.15, 0.2) is 40.4 Å². The normalized spacial score (nSPS) is 32.1. The smallest absolute Gasteiger partial charge is 0.239 e. The quantitative estimate of drug-likeness (QED) is 0.601. The number of hydrogen-bond donors (Lipinski definition) is 0. The van der Waals surface area contributed by atoms with E-state index in [1.165, 1.54) is 29.8 Å². The molecule has 1 aliphatic carbocycles. The summed E-state index contributed by atoms with van der Waals surface area (Å²) in [5.74, 6) is 1.85. The maximum Gasteiger partial charge on any atom is 0.239 e. The number of rotatable bonds is 2. The molecule has 5 rings (SSSR count). The minimum Gasteiger partial charge on any atom is -0.366 e. The van der Waals surface area contributed by atoms with E-state index in [4.69, 9.17) is 7.98 Å². The van der Waals surface area contributed by atoms with Gasteiger partial charge < -0.3 is 9.71 Å². The van der Waals surface area contributed by atoms with Crippen molar-refractivity contribution >= 4 is 35.5 Å². The second kappa shape index (κ2) is 5.53. The third-order valence-electron chi connectivity index (χ3n) is 5.28. The van der Waals surface area contributed by atoms with Gasteiger partial charge in [0, 0.05) is 35.9 Å². The van der Waals surface area contributed by atoms with E-state index in [0.29, 0.717) is 11.8 Å². The first kappa shape index (κ1) is 14.5. The molecule has 2 radical (unpaired) electrons. The average molecular weight is 357 g/mol. The summed E-state index contributed by atoms with van der Waals surface area (Å²) in [5, 5.41) is 0. The molecular formula is C17H18BBrN2O. The minimum absolute atomic E-state index is 0.111. The number of amides is 1. The lowest BCUT2D eigenvalue weighted by Crippen LogP contribution is -2.54. The summed E-state index contributed by atoms with van der Waals surface area (Å²) in [6, 6.07) is 7.49. The van der Waals surface area contributed by atoms with Crippen LogP contribution in [0.4, 0.5) is 5.69 Å². The van der Waals surface area contributed by atoms with E-state index in [1.54, 1.807) is 0 Å². The molecule has 22 heavy (non-hydrogen) atoms. The predicted octanol–water partition coefficient (Wildman–Crippen LogP) is 2.76. The summed E-state index contributed by atoms with van der Waals surface area (Å²) in [4.78, 5) is 16.3. The Kier molecular flexibility index (Phi) is 3.65. The molecule has 4 fully saturated rings. The number of halogens is 1. The van der Waals surface area contributed by atoms with Crippen LogP contribution in [-0.4, -0.2) is 38.4 Å². The Labute approximate surface area is 140 Å². The molecule has 1 saturated carbocycles. The standard InChI is InChI=1S/C17H18BBrN2O/c18-21(15-3-1-14(19)2-4-15)17(22)7-16-12-5-11-6-13(16)10-20(8-11)9-12/h1-4,7,11-13H,5-6,8-10H2. The van der Waals surface area contributed by atoms with Crippen molar-refractivity contribution in [2.75, 3.05) is 24.4 Å². The largest absolute Gasteiger partial charge is 0.366 e. The highest BCUT2D eigenvalue weighted by molar-refractivity contribution is 9.10. The Hall–Kier alpha value is -1.07. The van der Waals surface area contributed by atoms with Crippen LogP contribution in [-0.2, 0) is 4.79 Å². The lowest BCUT2D eigenvalue weighted by molar-refractivity contribution is -0.113. The highest BCUT2D eigenvalue weighted by Crippen LogP contribution is 2.46. The number of nitrogens with zero attached hydrogens (tertiary/aromatic N) is 2. The zero-order chi connectivity index (χ0) is 15.3. The van der Waals surface area contributed by atoms with Gasteiger partial charge in [0.05, 0.1) is 0 Å². The molecule has 3 heterocycles. The molecule has 4 aliphatic rings. The molecule has 0 spiro atoms. The van der Waals surface area contributed by atoms with Crippen molar-refractivity contribution in [1.82, 2.24) is 4.90 Å². The van der Waals surface area contributed by atoms with Gasteiger partial charge in [-0.25, -0.2) is 0 Å². The van der Waals surface area contributed by atoms with E-state index in [1.807, 2.05) is 30.3 Å². The first-order chi connectivity index (χ1) is 10.6. The Bertz CT molecular complexity index is 598. The monoisotopic (exact) mass is 356 g/mol. The maximum absolute atomic E-state index is 12.5. The van der Waals surface area contributed by atoms with E-state index in [2.05, 4.69) is 20.8 Å². The molecule has 5 heteroatoms. The maximum atomic E-state index is 12.5. The molecule has 1 amide bonds. The minimum atomic E-state index is -0.111. The summed E-state index contributed by atoms with van der Waals surface area (Å²) in [7, 11) is 6.01. The van der Waals surface area contributed by atoms with Crippen LogP contribution in [0.1, 0.15) is 12.8 Å². The van der Waals surface area contributed by atoms with Crippen molar-refractivity contribution in [2.45, 2.75) is 12.8 Å². The van der Waals surface area contributed by atoms with Crippen molar-refractivity contribution in [3.05, 3.63) is 40.4 Å². The van der Waals surface area contributed by atoms with Gasteiger partial charge in [-0.05, 0) is 54.9 Å². The molecule has 0 aromatic heterocycles. The van der Waals surface area contributed by atoms with Gasteiger partial charge in [-0.15, -0.1) is 0 Å². The number of benzene rings is 1. The second-order valence-electron chi connectivity index (χ2n) is 6.78. The highest BCUT2D eigenvalue weighted by atomic mass is 79.9. The van der Waals surface area contributed by atoms with Crippen molar-refractivity contribution < 1.29 is 4.79 Å². The number of piperidine rings is 3. The van der Waals surface area contributed by atoms with Crippen LogP contribution in [0.2, 0.25) is 0 Å². The SMILES string of the molecule is [B]N(C(=O)C=C1C2CC3CC1CN(C3)C2)c1ccc(Br)cc1. The summed E-state index contributed by atoms with van der Waals surface area (Å²) < 4.78 is 0.977. The fraction of sp³-hybridized carbons (Fsp3) is 0.471.